The first-order valence-electron chi connectivity index (χ1n) is 7.70. The maximum absolute atomic E-state index is 9.76. The summed E-state index contributed by atoms with van der Waals surface area (Å²) in [5, 5.41) is 38.0. The first kappa shape index (κ1) is 21.2. The van der Waals surface area contributed by atoms with Crippen LogP contribution in [0, 0.1) is 12.3 Å². The molecule has 1 aliphatic rings. The maximum atomic E-state index is 9.76. The van der Waals surface area contributed by atoms with Gasteiger partial charge in [-0.2, -0.15) is 0 Å². The summed E-state index contributed by atoms with van der Waals surface area (Å²) in [5.74, 6) is 2.35. The lowest BCUT2D eigenvalue weighted by atomic mass is 9.99. The van der Waals surface area contributed by atoms with Crippen LogP contribution in [0.15, 0.2) is 0 Å². The molecule has 1 aliphatic heterocycles. The molecule has 0 saturated carbocycles. The molecular formula is C15H26O9. The van der Waals surface area contributed by atoms with Gasteiger partial charge in [-0.3, -0.25) is 0 Å². The monoisotopic (exact) mass is 350 g/mol. The maximum Gasteiger partial charge on any atom is 0.186 e. The van der Waals surface area contributed by atoms with Crippen molar-refractivity contribution in [1.29, 1.82) is 0 Å². The van der Waals surface area contributed by atoms with Crippen molar-refractivity contribution in [3.63, 3.8) is 0 Å². The molecule has 9 nitrogen and oxygen atoms in total. The summed E-state index contributed by atoms with van der Waals surface area (Å²) in [6.07, 6.45) is -1.37. The van der Waals surface area contributed by atoms with Crippen molar-refractivity contribution in [2.24, 2.45) is 0 Å². The number of hydrogen-bond acceptors (Lipinski definition) is 9. The van der Waals surface area contributed by atoms with E-state index in [9.17, 15) is 15.3 Å². The minimum Gasteiger partial charge on any atom is -0.394 e. The van der Waals surface area contributed by atoms with Crippen LogP contribution in [0.2, 0.25) is 0 Å². The van der Waals surface area contributed by atoms with Crippen molar-refractivity contribution in [3.05, 3.63) is 0 Å². The van der Waals surface area contributed by atoms with Gasteiger partial charge in [-0.05, 0) is 0 Å². The molecule has 9 heteroatoms. The van der Waals surface area contributed by atoms with Crippen LogP contribution in [0.5, 0.6) is 0 Å². The van der Waals surface area contributed by atoms with Crippen molar-refractivity contribution in [2.75, 3.05) is 52.9 Å². The van der Waals surface area contributed by atoms with Gasteiger partial charge in [-0.25, -0.2) is 0 Å². The van der Waals surface area contributed by atoms with E-state index in [4.69, 9.17) is 35.2 Å². The van der Waals surface area contributed by atoms with Gasteiger partial charge < -0.3 is 44.1 Å². The van der Waals surface area contributed by atoms with E-state index in [-0.39, 0.29) is 19.8 Å². The Morgan fingerprint density at radius 3 is 2.00 bits per heavy atom. The van der Waals surface area contributed by atoms with Crippen molar-refractivity contribution < 1.29 is 44.1 Å². The van der Waals surface area contributed by atoms with E-state index in [1.165, 1.54) is 0 Å². The molecule has 0 aromatic rings. The van der Waals surface area contributed by atoms with Gasteiger partial charge >= 0.3 is 0 Å². The standard InChI is InChI=1S/C15H26O9/c1-2-3-20-4-5-21-6-7-22-8-9-23-15-14(19)13(18)12(17)11(10-16)24-15/h1,11-19H,3-10H2/t11?,12-,13?,14-,15+/m0/s1. The first-order chi connectivity index (χ1) is 11.6. The molecule has 0 aromatic carbocycles. The van der Waals surface area contributed by atoms with Crippen molar-refractivity contribution in [1.82, 2.24) is 0 Å². The summed E-state index contributed by atoms with van der Waals surface area (Å²) in [6.45, 7) is 1.68. The molecule has 0 amide bonds. The Labute approximate surface area is 141 Å². The van der Waals surface area contributed by atoms with E-state index in [1.807, 2.05) is 0 Å². The van der Waals surface area contributed by atoms with Gasteiger partial charge in [-0.1, -0.05) is 5.92 Å². The fraction of sp³-hybridized carbons (Fsp3) is 0.867. The van der Waals surface area contributed by atoms with Gasteiger partial charge in [0, 0.05) is 0 Å². The Hall–Kier alpha value is -0.800. The molecule has 1 heterocycles. The summed E-state index contributed by atoms with van der Waals surface area (Å²) in [6, 6.07) is 0. The zero-order chi connectivity index (χ0) is 17.8. The van der Waals surface area contributed by atoms with Gasteiger partial charge in [0.2, 0.25) is 0 Å². The van der Waals surface area contributed by atoms with Gasteiger partial charge in [0.25, 0.3) is 0 Å². The molecule has 4 N–H and O–H groups in total. The van der Waals surface area contributed by atoms with Gasteiger partial charge in [0.1, 0.15) is 31.0 Å². The van der Waals surface area contributed by atoms with E-state index in [0.717, 1.165) is 0 Å². The van der Waals surface area contributed by atoms with Crippen LogP contribution in [-0.4, -0.2) is 104 Å². The van der Waals surface area contributed by atoms with E-state index in [1.54, 1.807) is 0 Å². The first-order valence-corrected chi connectivity index (χ1v) is 7.70. The molecule has 1 rings (SSSR count). The van der Waals surface area contributed by atoms with Crippen molar-refractivity contribution in [2.45, 2.75) is 30.7 Å². The summed E-state index contributed by atoms with van der Waals surface area (Å²) >= 11 is 0. The lowest BCUT2D eigenvalue weighted by molar-refractivity contribution is -0.302. The average Bonchev–Trinajstić information content (AvgIpc) is 2.59. The quantitative estimate of drug-likeness (QED) is 0.223. The second-order valence-electron chi connectivity index (χ2n) is 5.05. The van der Waals surface area contributed by atoms with Gasteiger partial charge in [-0.15, -0.1) is 6.42 Å². The molecule has 0 aliphatic carbocycles. The highest BCUT2D eigenvalue weighted by Gasteiger charge is 2.43. The van der Waals surface area contributed by atoms with Crippen molar-refractivity contribution >= 4 is 0 Å². The predicted octanol–water partition coefficient (Wildman–Crippen LogP) is -2.51. The van der Waals surface area contributed by atoms with Crippen LogP contribution in [0.25, 0.3) is 0 Å². The summed E-state index contributed by atoms with van der Waals surface area (Å²) < 4.78 is 26.0. The molecule has 0 aromatic heterocycles. The third-order valence-electron chi connectivity index (χ3n) is 3.29. The average molecular weight is 350 g/mol. The van der Waals surface area contributed by atoms with Crippen LogP contribution in [0.1, 0.15) is 0 Å². The molecule has 0 radical (unpaired) electrons. The van der Waals surface area contributed by atoms with Crippen LogP contribution >= 0.6 is 0 Å². The zero-order valence-electron chi connectivity index (χ0n) is 13.5. The molecular weight excluding hydrogens is 324 g/mol. The lowest BCUT2D eigenvalue weighted by Crippen LogP contribution is -2.59. The smallest absolute Gasteiger partial charge is 0.186 e. The summed E-state index contributed by atoms with van der Waals surface area (Å²) in [4.78, 5) is 0. The molecule has 1 fully saturated rings. The third-order valence-corrected chi connectivity index (χ3v) is 3.29. The van der Waals surface area contributed by atoms with E-state index in [0.29, 0.717) is 26.4 Å². The second kappa shape index (κ2) is 12.5. The highest BCUT2D eigenvalue weighted by Crippen LogP contribution is 2.21. The number of ether oxygens (including phenoxy) is 5. The number of rotatable bonds is 12. The number of aliphatic hydroxyl groups is 4. The second-order valence-corrected chi connectivity index (χ2v) is 5.05. The molecule has 2 unspecified atom stereocenters. The fourth-order valence-electron chi connectivity index (χ4n) is 2.00. The molecule has 5 atom stereocenters. The summed E-state index contributed by atoms with van der Waals surface area (Å²) in [7, 11) is 0. The Morgan fingerprint density at radius 1 is 0.833 bits per heavy atom. The molecule has 140 valence electrons. The largest absolute Gasteiger partial charge is 0.394 e. The summed E-state index contributed by atoms with van der Waals surface area (Å²) in [5.41, 5.74) is 0. The van der Waals surface area contributed by atoms with E-state index in [2.05, 4.69) is 5.92 Å². The minimum absolute atomic E-state index is 0.105. The number of hydrogen-bond donors (Lipinski definition) is 4. The van der Waals surface area contributed by atoms with Gasteiger partial charge in [0.05, 0.1) is 46.2 Å². The zero-order valence-corrected chi connectivity index (χ0v) is 13.5. The molecule has 1 saturated heterocycles. The molecule has 0 spiro atoms. The Morgan fingerprint density at radius 2 is 1.42 bits per heavy atom. The lowest BCUT2D eigenvalue weighted by Gasteiger charge is -2.39. The van der Waals surface area contributed by atoms with E-state index >= 15 is 0 Å². The van der Waals surface area contributed by atoms with Crippen LogP contribution in [-0.2, 0) is 23.7 Å². The Balaban J connectivity index is 2.03. The van der Waals surface area contributed by atoms with Gasteiger partial charge in [0.15, 0.2) is 6.29 Å². The normalized spacial score (nSPS) is 30.2. The van der Waals surface area contributed by atoms with Crippen molar-refractivity contribution in [3.8, 4) is 12.3 Å². The topological polar surface area (TPSA) is 127 Å². The highest BCUT2D eigenvalue weighted by atomic mass is 16.7. The third kappa shape index (κ3) is 7.40. The number of aliphatic hydroxyl groups excluding tert-OH is 4. The van der Waals surface area contributed by atoms with Crippen LogP contribution in [0.4, 0.5) is 0 Å². The Kier molecular flexibility index (Phi) is 11.1. The SMILES string of the molecule is C#CCOCCOCCOCCO[C@@H]1OC(CO)[C@H](O)C(O)[C@@H]1O. The highest BCUT2D eigenvalue weighted by molar-refractivity contribution is 4.88. The van der Waals surface area contributed by atoms with E-state index < -0.39 is 37.3 Å². The fourth-order valence-corrected chi connectivity index (χ4v) is 2.00. The minimum atomic E-state index is -1.45. The molecule has 24 heavy (non-hydrogen) atoms. The molecule has 0 bridgehead atoms. The van der Waals surface area contributed by atoms with Crippen LogP contribution < -0.4 is 0 Å². The number of terminal acetylenes is 1. The predicted molar refractivity (Wildman–Crippen MR) is 81.0 cm³/mol. The van der Waals surface area contributed by atoms with Crippen LogP contribution in [0.3, 0.4) is 0 Å². The Bertz CT molecular complexity index is 357.